The Hall–Kier alpha value is -2.26. The molecule has 0 atom stereocenters. The first kappa shape index (κ1) is 16.6. The molecule has 0 N–H and O–H groups in total. The molecule has 0 spiro atoms. The zero-order valence-electron chi connectivity index (χ0n) is 13.8. The van der Waals surface area contributed by atoms with Gasteiger partial charge in [-0.2, -0.15) is 0 Å². The van der Waals surface area contributed by atoms with E-state index in [-0.39, 0.29) is 5.91 Å². The Morgan fingerprint density at radius 3 is 2.38 bits per heavy atom. The third-order valence-electron chi connectivity index (χ3n) is 4.26. The molecule has 24 heavy (non-hydrogen) atoms. The summed E-state index contributed by atoms with van der Waals surface area (Å²) >= 11 is 6.06. The van der Waals surface area contributed by atoms with Gasteiger partial charge in [0.25, 0.3) is 0 Å². The lowest BCUT2D eigenvalue weighted by atomic mass is 10.1. The highest BCUT2D eigenvalue weighted by Crippen LogP contribution is 2.21. The van der Waals surface area contributed by atoms with E-state index in [0.29, 0.717) is 0 Å². The van der Waals surface area contributed by atoms with E-state index < -0.39 is 0 Å². The van der Waals surface area contributed by atoms with Gasteiger partial charge in [0, 0.05) is 42.5 Å². The number of carbonyl (C=O) groups is 1. The number of hydrogen-bond donors (Lipinski definition) is 0. The van der Waals surface area contributed by atoms with Crippen molar-refractivity contribution in [1.82, 2.24) is 4.90 Å². The number of piperazine rings is 1. The first-order valence-electron chi connectivity index (χ1n) is 8.16. The van der Waals surface area contributed by atoms with E-state index >= 15 is 0 Å². The maximum absolute atomic E-state index is 12.6. The predicted molar refractivity (Wildman–Crippen MR) is 100 cm³/mol. The van der Waals surface area contributed by atoms with Crippen LogP contribution in [0.2, 0.25) is 5.02 Å². The summed E-state index contributed by atoms with van der Waals surface area (Å²) in [6.07, 6.45) is 1.95. The largest absolute Gasteiger partial charge is 0.368 e. The number of anilines is 1. The van der Waals surface area contributed by atoms with E-state index in [1.807, 2.05) is 66.4 Å². The standard InChI is InChI=1S/C20H21ClN2O/c1-16(14-17-6-3-2-4-7-17)20(24)23-12-10-22(11-13-23)19-9-5-8-18(21)15-19/h2-9,14-15H,10-13H2,1H3/b16-14-. The Kier molecular flexibility index (Phi) is 5.21. The summed E-state index contributed by atoms with van der Waals surface area (Å²) in [7, 11) is 0. The van der Waals surface area contributed by atoms with Crippen molar-refractivity contribution in [2.24, 2.45) is 0 Å². The maximum Gasteiger partial charge on any atom is 0.249 e. The highest BCUT2D eigenvalue weighted by Gasteiger charge is 2.22. The molecule has 1 fully saturated rings. The van der Waals surface area contributed by atoms with E-state index in [2.05, 4.69) is 11.0 Å². The molecule has 3 nitrogen and oxygen atoms in total. The fraction of sp³-hybridized carbons (Fsp3) is 0.250. The molecular formula is C20H21ClN2O. The van der Waals surface area contributed by atoms with Crippen LogP contribution in [0.3, 0.4) is 0 Å². The molecule has 2 aromatic carbocycles. The van der Waals surface area contributed by atoms with Gasteiger partial charge in [0.05, 0.1) is 0 Å². The lowest BCUT2D eigenvalue weighted by molar-refractivity contribution is -0.127. The Bertz CT molecular complexity index is 734. The van der Waals surface area contributed by atoms with Crippen LogP contribution in [0.25, 0.3) is 6.08 Å². The molecule has 0 bridgehead atoms. The average Bonchev–Trinajstić information content (AvgIpc) is 2.62. The molecule has 1 heterocycles. The average molecular weight is 341 g/mol. The minimum Gasteiger partial charge on any atom is -0.368 e. The van der Waals surface area contributed by atoms with Crippen molar-refractivity contribution in [3.63, 3.8) is 0 Å². The van der Waals surface area contributed by atoms with Crippen LogP contribution in [0.4, 0.5) is 5.69 Å². The van der Waals surface area contributed by atoms with E-state index in [0.717, 1.165) is 48.0 Å². The van der Waals surface area contributed by atoms with Crippen LogP contribution in [0.5, 0.6) is 0 Å². The second-order valence-corrected chi connectivity index (χ2v) is 6.43. The molecule has 0 radical (unpaired) electrons. The second-order valence-electron chi connectivity index (χ2n) is 6.00. The van der Waals surface area contributed by atoms with Gasteiger partial charge in [0.2, 0.25) is 5.91 Å². The van der Waals surface area contributed by atoms with Gasteiger partial charge < -0.3 is 9.80 Å². The number of nitrogens with zero attached hydrogens (tertiary/aromatic N) is 2. The normalized spacial score (nSPS) is 15.5. The van der Waals surface area contributed by atoms with Crippen LogP contribution >= 0.6 is 11.6 Å². The number of amides is 1. The van der Waals surface area contributed by atoms with Gasteiger partial charge in [0.1, 0.15) is 0 Å². The Morgan fingerprint density at radius 1 is 1.00 bits per heavy atom. The first-order valence-corrected chi connectivity index (χ1v) is 8.54. The monoisotopic (exact) mass is 340 g/mol. The van der Waals surface area contributed by atoms with Crippen molar-refractivity contribution in [2.75, 3.05) is 31.1 Å². The number of halogens is 1. The van der Waals surface area contributed by atoms with Gasteiger partial charge in [0.15, 0.2) is 0 Å². The lowest BCUT2D eigenvalue weighted by Gasteiger charge is -2.36. The zero-order chi connectivity index (χ0) is 16.9. The van der Waals surface area contributed by atoms with Crippen molar-refractivity contribution >= 4 is 29.3 Å². The Balaban J connectivity index is 1.62. The minimum absolute atomic E-state index is 0.115. The summed E-state index contributed by atoms with van der Waals surface area (Å²) in [4.78, 5) is 16.8. The molecule has 0 saturated carbocycles. The van der Waals surface area contributed by atoms with Crippen molar-refractivity contribution in [3.05, 3.63) is 70.8 Å². The molecule has 2 aromatic rings. The van der Waals surface area contributed by atoms with Crippen molar-refractivity contribution in [1.29, 1.82) is 0 Å². The van der Waals surface area contributed by atoms with Crippen LogP contribution in [0.15, 0.2) is 60.2 Å². The predicted octanol–water partition coefficient (Wildman–Crippen LogP) is 4.09. The summed E-state index contributed by atoms with van der Waals surface area (Å²) in [6, 6.07) is 17.8. The number of carbonyl (C=O) groups excluding carboxylic acids is 1. The number of benzene rings is 2. The molecule has 3 rings (SSSR count). The molecule has 0 aromatic heterocycles. The quantitative estimate of drug-likeness (QED) is 0.786. The van der Waals surface area contributed by atoms with Crippen LogP contribution in [0.1, 0.15) is 12.5 Å². The summed E-state index contributed by atoms with van der Waals surface area (Å²) in [5.41, 5.74) is 2.95. The number of rotatable bonds is 3. The number of hydrogen-bond acceptors (Lipinski definition) is 2. The minimum atomic E-state index is 0.115. The molecule has 1 aliphatic heterocycles. The maximum atomic E-state index is 12.6. The first-order chi connectivity index (χ1) is 11.6. The third kappa shape index (κ3) is 3.98. The molecule has 1 aliphatic rings. The molecular weight excluding hydrogens is 320 g/mol. The molecule has 4 heteroatoms. The Labute approximate surface area is 148 Å². The van der Waals surface area contributed by atoms with Crippen LogP contribution in [-0.2, 0) is 4.79 Å². The fourth-order valence-corrected chi connectivity index (χ4v) is 3.14. The van der Waals surface area contributed by atoms with Crippen molar-refractivity contribution in [3.8, 4) is 0 Å². The van der Waals surface area contributed by atoms with Gasteiger partial charge in [-0.05, 0) is 36.8 Å². The zero-order valence-corrected chi connectivity index (χ0v) is 14.5. The topological polar surface area (TPSA) is 23.6 Å². The van der Waals surface area contributed by atoms with Gasteiger partial charge in [-0.15, -0.1) is 0 Å². The molecule has 1 amide bonds. The summed E-state index contributed by atoms with van der Waals surface area (Å²) < 4.78 is 0. The van der Waals surface area contributed by atoms with Crippen LogP contribution in [0, 0.1) is 0 Å². The van der Waals surface area contributed by atoms with Gasteiger partial charge in [-0.3, -0.25) is 4.79 Å². The lowest BCUT2D eigenvalue weighted by Crippen LogP contribution is -2.49. The van der Waals surface area contributed by atoms with Crippen molar-refractivity contribution < 1.29 is 4.79 Å². The summed E-state index contributed by atoms with van der Waals surface area (Å²) in [5, 5.41) is 0.743. The molecule has 124 valence electrons. The van der Waals surface area contributed by atoms with E-state index in [1.165, 1.54) is 0 Å². The van der Waals surface area contributed by atoms with E-state index in [4.69, 9.17) is 11.6 Å². The SMILES string of the molecule is C/C(=C/c1ccccc1)C(=O)N1CCN(c2cccc(Cl)c2)CC1. The molecule has 0 aliphatic carbocycles. The second kappa shape index (κ2) is 7.54. The third-order valence-corrected chi connectivity index (χ3v) is 4.50. The highest BCUT2D eigenvalue weighted by atomic mass is 35.5. The van der Waals surface area contributed by atoms with E-state index in [9.17, 15) is 4.79 Å². The van der Waals surface area contributed by atoms with Crippen LogP contribution in [-0.4, -0.2) is 37.0 Å². The fourth-order valence-electron chi connectivity index (χ4n) is 2.95. The van der Waals surface area contributed by atoms with E-state index in [1.54, 1.807) is 0 Å². The van der Waals surface area contributed by atoms with Crippen molar-refractivity contribution in [2.45, 2.75) is 6.92 Å². The molecule has 1 saturated heterocycles. The van der Waals surface area contributed by atoms with Gasteiger partial charge >= 0.3 is 0 Å². The van der Waals surface area contributed by atoms with Crippen LogP contribution < -0.4 is 4.90 Å². The Morgan fingerprint density at radius 2 is 1.71 bits per heavy atom. The molecule has 0 unspecified atom stereocenters. The summed E-state index contributed by atoms with van der Waals surface area (Å²) in [5.74, 6) is 0.115. The summed E-state index contributed by atoms with van der Waals surface area (Å²) in [6.45, 7) is 4.99. The van der Waals surface area contributed by atoms with Gasteiger partial charge in [-0.25, -0.2) is 0 Å². The van der Waals surface area contributed by atoms with Gasteiger partial charge in [-0.1, -0.05) is 48.0 Å². The highest BCUT2D eigenvalue weighted by molar-refractivity contribution is 6.30. The smallest absolute Gasteiger partial charge is 0.249 e.